The number of ether oxygens (including phenoxy) is 7. The predicted octanol–water partition coefficient (Wildman–Crippen LogP) is -0.598. The van der Waals surface area contributed by atoms with Crippen LogP contribution >= 0.6 is 0 Å². The maximum atomic E-state index is 12.8. The van der Waals surface area contributed by atoms with E-state index in [-0.39, 0.29) is 13.0 Å². The quantitative estimate of drug-likeness (QED) is 0.270. The van der Waals surface area contributed by atoms with Gasteiger partial charge in [-0.2, -0.15) is 0 Å². The van der Waals surface area contributed by atoms with E-state index >= 15 is 0 Å². The van der Waals surface area contributed by atoms with Crippen LogP contribution in [0.15, 0.2) is 0 Å². The van der Waals surface area contributed by atoms with Crippen LogP contribution in [0.25, 0.3) is 0 Å². The van der Waals surface area contributed by atoms with Gasteiger partial charge in [-0.05, 0) is 0 Å². The summed E-state index contributed by atoms with van der Waals surface area (Å²) >= 11 is 0. The van der Waals surface area contributed by atoms with Crippen molar-refractivity contribution in [2.75, 3.05) is 27.4 Å². The zero-order chi connectivity index (χ0) is 27.6. The van der Waals surface area contributed by atoms with E-state index < -0.39 is 78.5 Å². The first kappa shape index (κ1) is 30.8. The molecule has 1 fully saturated rings. The van der Waals surface area contributed by atoms with Crippen LogP contribution in [0.4, 0.5) is 0 Å². The van der Waals surface area contributed by atoms with Gasteiger partial charge in [0.2, 0.25) is 5.91 Å². The van der Waals surface area contributed by atoms with Gasteiger partial charge in [0.1, 0.15) is 18.8 Å². The fourth-order valence-electron chi connectivity index (χ4n) is 3.79. The largest absolute Gasteiger partial charge is 0.465 e. The van der Waals surface area contributed by atoms with E-state index in [4.69, 9.17) is 33.2 Å². The molecule has 0 aromatic carbocycles. The van der Waals surface area contributed by atoms with Crippen LogP contribution in [0.1, 0.15) is 41.0 Å². The Bertz CT molecular complexity index is 844. The highest BCUT2D eigenvalue weighted by atomic mass is 16.7. The molecule has 1 amide bonds. The first-order chi connectivity index (χ1) is 16.8. The SMILES string of the molecule is COC(=O)[C@]1(OC)C[C@H](CNC(C)=O)[C@@H](OC(C)=O)[C@H]([C@H](OC(C)=O)[C@@H](COC(C)=O)OC(C)=O)O1. The number of carbonyl (C=O) groups excluding carboxylic acids is 6. The van der Waals surface area contributed by atoms with Crippen LogP contribution < -0.4 is 5.32 Å². The Hall–Kier alpha value is -3.26. The number of rotatable bonds is 11. The highest BCUT2D eigenvalue weighted by Crippen LogP contribution is 2.39. The average molecular weight is 520 g/mol. The molecule has 0 bridgehead atoms. The van der Waals surface area contributed by atoms with Gasteiger partial charge in [0.25, 0.3) is 5.79 Å². The van der Waals surface area contributed by atoms with Gasteiger partial charge in [0.05, 0.1) is 7.11 Å². The lowest BCUT2D eigenvalue weighted by Gasteiger charge is -2.48. The minimum absolute atomic E-state index is 0.107. The van der Waals surface area contributed by atoms with E-state index in [9.17, 15) is 28.8 Å². The summed E-state index contributed by atoms with van der Waals surface area (Å²) in [5.41, 5.74) is 0. The summed E-state index contributed by atoms with van der Waals surface area (Å²) in [6.07, 6.45) is -5.99. The van der Waals surface area contributed by atoms with Crippen LogP contribution in [0, 0.1) is 5.92 Å². The molecule has 1 heterocycles. The Balaban J connectivity index is 3.70. The Morgan fingerprint density at radius 2 is 1.53 bits per heavy atom. The Labute approximate surface area is 208 Å². The van der Waals surface area contributed by atoms with Gasteiger partial charge in [0.15, 0.2) is 12.2 Å². The third-order valence-electron chi connectivity index (χ3n) is 5.15. The third-order valence-corrected chi connectivity index (χ3v) is 5.15. The highest BCUT2D eigenvalue weighted by molar-refractivity contribution is 5.78. The summed E-state index contributed by atoms with van der Waals surface area (Å²) in [5, 5.41) is 2.58. The van der Waals surface area contributed by atoms with E-state index in [2.05, 4.69) is 5.32 Å². The Morgan fingerprint density at radius 3 is 1.97 bits per heavy atom. The number of hydrogen-bond acceptors (Lipinski definition) is 13. The molecule has 1 aliphatic heterocycles. The number of hydrogen-bond donors (Lipinski definition) is 1. The van der Waals surface area contributed by atoms with E-state index in [1.165, 1.54) is 14.0 Å². The highest BCUT2D eigenvalue weighted by Gasteiger charge is 2.58. The topological polar surface area (TPSA) is 179 Å². The zero-order valence-electron chi connectivity index (χ0n) is 21.3. The first-order valence-corrected chi connectivity index (χ1v) is 11.0. The van der Waals surface area contributed by atoms with E-state index in [0.717, 1.165) is 34.8 Å². The molecule has 6 atom stereocenters. The van der Waals surface area contributed by atoms with Crippen molar-refractivity contribution < 1.29 is 61.9 Å². The summed E-state index contributed by atoms with van der Waals surface area (Å²) < 4.78 is 37.3. The van der Waals surface area contributed by atoms with Gasteiger partial charge >= 0.3 is 29.8 Å². The molecule has 1 N–H and O–H groups in total. The molecule has 1 rings (SSSR count). The lowest BCUT2D eigenvalue weighted by molar-refractivity contribution is -0.317. The lowest BCUT2D eigenvalue weighted by Crippen LogP contribution is -2.65. The van der Waals surface area contributed by atoms with Gasteiger partial charge in [-0.1, -0.05) is 0 Å². The van der Waals surface area contributed by atoms with Crippen molar-refractivity contribution in [3.05, 3.63) is 0 Å². The van der Waals surface area contributed by atoms with Crippen molar-refractivity contribution in [2.45, 2.75) is 71.2 Å². The number of esters is 5. The molecule has 0 aromatic rings. The van der Waals surface area contributed by atoms with E-state index in [0.29, 0.717) is 0 Å². The van der Waals surface area contributed by atoms with Crippen LogP contribution in [-0.4, -0.2) is 93.3 Å². The van der Waals surface area contributed by atoms with Gasteiger partial charge in [0, 0.05) is 60.6 Å². The molecule has 0 aromatic heterocycles. The summed E-state index contributed by atoms with van der Waals surface area (Å²) in [6.45, 7) is 4.96. The monoisotopic (exact) mass is 519 g/mol. The van der Waals surface area contributed by atoms with E-state index in [1.54, 1.807) is 0 Å². The Morgan fingerprint density at radius 1 is 0.917 bits per heavy atom. The summed E-state index contributed by atoms with van der Waals surface area (Å²) in [6, 6.07) is 0. The van der Waals surface area contributed by atoms with Crippen LogP contribution in [-0.2, 0) is 61.9 Å². The average Bonchev–Trinajstić information content (AvgIpc) is 2.78. The molecule has 36 heavy (non-hydrogen) atoms. The van der Waals surface area contributed by atoms with Gasteiger partial charge in [-0.3, -0.25) is 24.0 Å². The molecule has 1 saturated heterocycles. The molecule has 0 radical (unpaired) electrons. The van der Waals surface area contributed by atoms with Crippen molar-refractivity contribution in [1.82, 2.24) is 5.32 Å². The van der Waals surface area contributed by atoms with Crippen molar-refractivity contribution in [2.24, 2.45) is 5.92 Å². The van der Waals surface area contributed by atoms with Crippen molar-refractivity contribution >= 4 is 35.8 Å². The molecule has 14 heteroatoms. The maximum Gasteiger partial charge on any atom is 0.366 e. The van der Waals surface area contributed by atoms with Crippen molar-refractivity contribution in [1.29, 1.82) is 0 Å². The zero-order valence-corrected chi connectivity index (χ0v) is 21.3. The number of carbonyl (C=O) groups is 6. The van der Waals surface area contributed by atoms with Crippen LogP contribution in [0.3, 0.4) is 0 Å². The molecule has 0 aliphatic carbocycles. The van der Waals surface area contributed by atoms with Crippen molar-refractivity contribution in [3.63, 3.8) is 0 Å². The van der Waals surface area contributed by atoms with Gasteiger partial charge in [-0.15, -0.1) is 0 Å². The van der Waals surface area contributed by atoms with Gasteiger partial charge in [-0.25, -0.2) is 4.79 Å². The molecule has 0 spiro atoms. The molecule has 0 unspecified atom stereocenters. The third kappa shape index (κ3) is 8.75. The number of methoxy groups -OCH3 is 2. The molecule has 14 nitrogen and oxygen atoms in total. The van der Waals surface area contributed by atoms with Crippen LogP contribution in [0.2, 0.25) is 0 Å². The fourth-order valence-corrected chi connectivity index (χ4v) is 3.79. The number of nitrogens with one attached hydrogen (secondary N) is 1. The molecule has 1 aliphatic rings. The minimum atomic E-state index is -2.08. The predicted molar refractivity (Wildman–Crippen MR) is 117 cm³/mol. The Kier molecular flexibility index (Phi) is 11.7. The number of amides is 1. The summed E-state index contributed by atoms with van der Waals surface area (Å²) in [4.78, 5) is 71.7. The van der Waals surface area contributed by atoms with E-state index in [1.807, 2.05) is 0 Å². The summed E-state index contributed by atoms with van der Waals surface area (Å²) in [5.74, 6) is -7.44. The molecular weight excluding hydrogens is 486 g/mol. The maximum absolute atomic E-state index is 12.8. The van der Waals surface area contributed by atoms with Crippen LogP contribution in [0.5, 0.6) is 0 Å². The molecule has 0 saturated carbocycles. The first-order valence-electron chi connectivity index (χ1n) is 11.0. The summed E-state index contributed by atoms with van der Waals surface area (Å²) in [7, 11) is 2.26. The minimum Gasteiger partial charge on any atom is -0.465 e. The second-order valence-corrected chi connectivity index (χ2v) is 8.03. The van der Waals surface area contributed by atoms with Crippen molar-refractivity contribution in [3.8, 4) is 0 Å². The molecule has 204 valence electrons. The smallest absolute Gasteiger partial charge is 0.366 e. The lowest BCUT2D eigenvalue weighted by atomic mass is 9.83. The normalized spacial score (nSPS) is 24.9. The second-order valence-electron chi connectivity index (χ2n) is 8.03. The molecular formula is C22H33NO13. The standard InChI is InChI=1S/C22H33NO13/c1-11(24)23-9-16-8-22(31-7,21(29)30-6)36-20(18(16)34-14(4)27)19(35-15(5)28)17(33-13(3)26)10-32-12(2)25/h16-20H,8-10H2,1-7H3,(H,23,24)/t16-,17-,18-,19-,20-,22+/m1/s1. The second kappa shape index (κ2) is 13.7. The fraction of sp³-hybridized carbons (Fsp3) is 0.727. The van der Waals surface area contributed by atoms with Gasteiger partial charge < -0.3 is 38.5 Å².